The van der Waals surface area contributed by atoms with Crippen molar-refractivity contribution in [2.45, 2.75) is 38.9 Å². The van der Waals surface area contributed by atoms with Gasteiger partial charge in [0, 0.05) is 0 Å². The molecule has 0 fully saturated rings. The van der Waals surface area contributed by atoms with Crippen molar-refractivity contribution < 1.29 is 13.0 Å². The van der Waals surface area contributed by atoms with Gasteiger partial charge in [-0.2, -0.15) is 0 Å². The van der Waals surface area contributed by atoms with Crippen LogP contribution in [0.5, 0.6) is 0 Å². The quantitative estimate of drug-likeness (QED) is 0.422. The second kappa shape index (κ2) is 5.07. The van der Waals surface area contributed by atoms with Gasteiger partial charge in [0.1, 0.15) is 0 Å². The van der Waals surface area contributed by atoms with Crippen LogP contribution in [0.15, 0.2) is 0 Å². The van der Waals surface area contributed by atoms with Crippen LogP contribution in [-0.4, -0.2) is 8.32 Å². The predicted molar refractivity (Wildman–Crippen MR) is 61.0 cm³/mol. The summed E-state index contributed by atoms with van der Waals surface area (Å²) in [6, 6.07) is 2.49. The van der Waals surface area contributed by atoms with Gasteiger partial charge < -0.3 is 4.21 Å². The molecule has 0 aromatic carbocycles. The molecule has 0 heterocycles. The summed E-state index contributed by atoms with van der Waals surface area (Å²) in [6.45, 7) is 5.93. The Morgan fingerprint density at radius 2 is 1.67 bits per heavy atom. The molecule has 0 rings (SSSR count). The normalized spacial score (nSPS) is 17.4. The molecule has 6 heteroatoms. The zero-order valence-electron chi connectivity index (χ0n) is 7.64. The van der Waals surface area contributed by atoms with Crippen molar-refractivity contribution in [2.24, 2.45) is 0 Å². The van der Waals surface area contributed by atoms with Crippen LogP contribution in [-0.2, 0) is 8.78 Å². The molecule has 0 aliphatic carbocycles. The van der Waals surface area contributed by atoms with Crippen LogP contribution in [0.3, 0.4) is 0 Å². The van der Waals surface area contributed by atoms with Gasteiger partial charge in [-0.3, -0.25) is 0 Å². The Kier molecular flexibility index (Phi) is 5.52. The largest absolute Gasteiger partial charge is 0.415 e. The highest BCUT2D eigenvalue weighted by Crippen LogP contribution is 2.60. The third kappa shape index (κ3) is 4.34. The van der Waals surface area contributed by atoms with Gasteiger partial charge in [0.25, 0.3) is 0 Å². The van der Waals surface area contributed by atoms with E-state index in [1.165, 1.54) is 22.0 Å². The Hall–Kier alpha value is 1.07. The molecule has 0 saturated carbocycles. The van der Waals surface area contributed by atoms with Crippen molar-refractivity contribution >= 4 is 35.7 Å². The van der Waals surface area contributed by atoms with Gasteiger partial charge in [-0.1, -0.05) is 20.8 Å². The molecule has 1 atom stereocenters. The van der Waals surface area contributed by atoms with E-state index in [0.717, 1.165) is 18.1 Å². The fourth-order valence-corrected chi connectivity index (χ4v) is 9.78. The Morgan fingerprint density at radius 1 is 1.33 bits per heavy atom. The smallest absolute Gasteiger partial charge is 0.340 e. The number of hydrogen-bond donors (Lipinski definition) is 0. The van der Waals surface area contributed by atoms with Crippen molar-refractivity contribution in [3.63, 3.8) is 0 Å². The minimum atomic E-state index is -3.81. The number of halogens is 2. The van der Waals surface area contributed by atoms with Crippen molar-refractivity contribution in [3.8, 4) is 0 Å². The molecule has 0 saturated heterocycles. The molecule has 0 radical (unpaired) electrons. The fourth-order valence-electron chi connectivity index (χ4n) is 1.17. The lowest BCUT2D eigenvalue weighted by Crippen LogP contribution is -2.33. The van der Waals surface area contributed by atoms with Gasteiger partial charge in [-0.25, -0.2) is 4.57 Å². The molecule has 0 spiro atoms. The fraction of sp³-hybridized carbons (Fsp3) is 1.00. The maximum atomic E-state index is 12.8. The van der Waals surface area contributed by atoms with E-state index in [0.29, 0.717) is 0 Å². The average Bonchev–Trinajstić information content (AvgIpc) is 1.99. The van der Waals surface area contributed by atoms with E-state index in [-0.39, 0.29) is 0 Å². The summed E-state index contributed by atoms with van der Waals surface area (Å²) in [6.07, 6.45) is 0. The van der Waals surface area contributed by atoms with Crippen LogP contribution in [0.1, 0.15) is 20.8 Å². The van der Waals surface area contributed by atoms with Gasteiger partial charge in [-0.15, -0.1) is 4.20 Å². The van der Waals surface area contributed by atoms with Crippen molar-refractivity contribution in [3.05, 3.63) is 0 Å². The lowest BCUT2D eigenvalue weighted by molar-refractivity contribution is 0.450. The van der Waals surface area contributed by atoms with Gasteiger partial charge in [0.15, 0.2) is 0 Å². The number of rotatable bonds is 5. The zero-order chi connectivity index (χ0) is 9.83. The van der Waals surface area contributed by atoms with Gasteiger partial charge in [0.2, 0.25) is 8.32 Å². The van der Waals surface area contributed by atoms with E-state index in [1.54, 1.807) is 0 Å². The summed E-state index contributed by atoms with van der Waals surface area (Å²) in [7, 11) is -2.00. The summed E-state index contributed by atoms with van der Waals surface area (Å²) in [4.78, 5) is 0. The lowest BCUT2D eigenvalue weighted by atomic mass is 10.9. The highest BCUT2D eigenvalue weighted by atomic mass is 127. The van der Waals surface area contributed by atoms with Crippen LogP contribution in [0.4, 0.5) is 4.20 Å². The molecule has 12 heavy (non-hydrogen) atoms. The molecule has 1 unspecified atom stereocenters. The monoisotopic (exact) mass is 324 g/mol. The molecular weight excluding hydrogens is 309 g/mol. The van der Waals surface area contributed by atoms with Crippen molar-refractivity contribution in [1.82, 2.24) is 0 Å². The predicted octanol–water partition coefficient (Wildman–Crippen LogP) is 4.52. The number of hydrogen-bond acceptors (Lipinski definition) is 2. The summed E-state index contributed by atoms with van der Waals surface area (Å²) in [5, 5.41) is -3.81. The molecule has 0 aromatic heterocycles. The van der Waals surface area contributed by atoms with E-state index >= 15 is 0 Å². The Bertz CT molecular complexity index is 172. The molecule has 0 bridgehead atoms. The highest BCUT2D eigenvalue weighted by molar-refractivity contribution is 14.2. The van der Waals surface area contributed by atoms with Gasteiger partial charge in [-0.05, 0) is 18.1 Å². The zero-order valence-corrected chi connectivity index (χ0v) is 11.7. The Balaban J connectivity index is 4.41. The molecular formula is C6H15FIO2PSi. The summed E-state index contributed by atoms with van der Waals surface area (Å²) in [5.41, 5.74) is 0. The van der Waals surface area contributed by atoms with Crippen LogP contribution in [0, 0.1) is 0 Å². The second-order valence-electron chi connectivity index (χ2n) is 2.75. The minimum absolute atomic E-state index is 0.830. The second-order valence-corrected chi connectivity index (χ2v) is 12.3. The maximum absolute atomic E-state index is 12.8. The lowest BCUT2D eigenvalue weighted by Gasteiger charge is -2.27. The molecule has 0 N–H and O–H groups in total. The molecule has 0 aromatic rings. The standard InChI is InChI=1S/C6H15FIO2PSi/c1-4-12(5-2,6-3)10-11(7,8)9/h4-6H2,1-3H3. The average molecular weight is 324 g/mol. The van der Waals surface area contributed by atoms with E-state index < -0.39 is 13.6 Å². The van der Waals surface area contributed by atoms with E-state index in [2.05, 4.69) is 0 Å². The van der Waals surface area contributed by atoms with Crippen LogP contribution in [0.2, 0.25) is 18.1 Å². The Morgan fingerprint density at radius 3 is 1.75 bits per heavy atom. The van der Waals surface area contributed by atoms with E-state index in [9.17, 15) is 8.76 Å². The first kappa shape index (κ1) is 13.1. The highest BCUT2D eigenvalue weighted by Gasteiger charge is 2.36. The first-order chi connectivity index (χ1) is 5.39. The topological polar surface area (TPSA) is 26.3 Å². The van der Waals surface area contributed by atoms with Gasteiger partial charge in [0.05, 0.1) is 22.0 Å². The van der Waals surface area contributed by atoms with Gasteiger partial charge >= 0.3 is 5.32 Å². The van der Waals surface area contributed by atoms with Crippen LogP contribution < -0.4 is 0 Å². The van der Waals surface area contributed by atoms with E-state index in [1.807, 2.05) is 20.8 Å². The molecule has 2 nitrogen and oxygen atoms in total. The maximum Gasteiger partial charge on any atom is 0.415 e. The van der Waals surface area contributed by atoms with E-state index in [4.69, 9.17) is 4.21 Å². The first-order valence-electron chi connectivity index (χ1n) is 4.09. The minimum Gasteiger partial charge on any atom is -0.340 e. The summed E-state index contributed by atoms with van der Waals surface area (Å²) in [5.74, 6) is 0. The molecule has 0 amide bonds. The van der Waals surface area contributed by atoms with Crippen LogP contribution >= 0.6 is 27.4 Å². The summed E-state index contributed by atoms with van der Waals surface area (Å²) < 4.78 is 28.7. The first-order valence-corrected chi connectivity index (χ1v) is 10.9. The molecule has 0 aliphatic rings. The Labute approximate surface area is 87.5 Å². The third-order valence-corrected chi connectivity index (χ3v) is 10.3. The molecule has 74 valence electrons. The SMILES string of the molecule is CC[Si](CC)(CC)OP(=O)(F)I. The van der Waals surface area contributed by atoms with Crippen molar-refractivity contribution in [2.75, 3.05) is 0 Å². The third-order valence-electron chi connectivity index (χ3n) is 2.23. The molecule has 0 aliphatic heterocycles. The van der Waals surface area contributed by atoms with Crippen molar-refractivity contribution in [1.29, 1.82) is 0 Å². The van der Waals surface area contributed by atoms with Crippen LogP contribution in [0.25, 0.3) is 0 Å². The summed E-state index contributed by atoms with van der Waals surface area (Å²) >= 11 is 1.27.